The van der Waals surface area contributed by atoms with Crippen LogP contribution in [0.3, 0.4) is 0 Å². The summed E-state index contributed by atoms with van der Waals surface area (Å²) in [5.74, 6) is -1.20. The first-order valence-electron chi connectivity index (χ1n) is 9.33. The number of carbonyl (C=O) groups is 1. The number of hydrogen-bond donors (Lipinski definition) is 3. The molecule has 1 amide bonds. The molecule has 0 spiro atoms. The zero-order valence-electron chi connectivity index (χ0n) is 16.7. The fourth-order valence-electron chi connectivity index (χ4n) is 3.13. The summed E-state index contributed by atoms with van der Waals surface area (Å²) in [6.45, 7) is 2.44. The number of nitrogens with one attached hydrogen (secondary N) is 1. The first kappa shape index (κ1) is 21.0. The highest BCUT2D eigenvalue weighted by atomic mass is 16.5. The molecule has 9 nitrogen and oxygen atoms in total. The molecule has 0 aliphatic rings. The van der Waals surface area contributed by atoms with Gasteiger partial charge >= 0.3 is 0 Å². The summed E-state index contributed by atoms with van der Waals surface area (Å²) in [6, 6.07) is 7.51. The molecule has 0 saturated heterocycles. The lowest BCUT2D eigenvalue weighted by atomic mass is 9.91. The molecule has 3 aromatic rings. The normalized spacial score (nSPS) is 11.8. The van der Waals surface area contributed by atoms with Gasteiger partial charge in [0.1, 0.15) is 5.76 Å². The first-order chi connectivity index (χ1) is 14.4. The Hall–Kier alpha value is -3.75. The van der Waals surface area contributed by atoms with Crippen molar-refractivity contribution in [1.29, 1.82) is 0 Å². The van der Waals surface area contributed by atoms with E-state index < -0.39 is 17.1 Å². The van der Waals surface area contributed by atoms with E-state index in [2.05, 4.69) is 10.4 Å². The molecular weight excluding hydrogens is 390 g/mol. The predicted molar refractivity (Wildman–Crippen MR) is 108 cm³/mol. The number of ether oxygens (including phenoxy) is 1. The summed E-state index contributed by atoms with van der Waals surface area (Å²) in [6.07, 6.45) is 3.35. The molecule has 0 fully saturated rings. The summed E-state index contributed by atoms with van der Waals surface area (Å²) in [5, 5.41) is 27.1. The standard InChI is InChI=1S/C21H23N3O6/c1-13-10-17(26)20(28)21(30-13)15(14-4-5-16(25)18(11-14)29-2)12-19(27)22-7-9-24-8-3-6-23-24/h3-6,8,10-11,15,25,28H,7,9,12H2,1-2H3,(H,22,27)/t15-/m0/s1. The van der Waals surface area contributed by atoms with Gasteiger partial charge in [0, 0.05) is 31.4 Å². The van der Waals surface area contributed by atoms with Crippen molar-refractivity contribution < 1.29 is 24.2 Å². The Morgan fingerprint density at radius 3 is 2.83 bits per heavy atom. The molecule has 9 heteroatoms. The number of amides is 1. The Balaban J connectivity index is 1.88. The van der Waals surface area contributed by atoms with E-state index >= 15 is 0 Å². The summed E-state index contributed by atoms with van der Waals surface area (Å²) in [4.78, 5) is 24.7. The Bertz CT molecular complexity index is 1070. The third-order valence-electron chi connectivity index (χ3n) is 4.61. The third-order valence-corrected chi connectivity index (χ3v) is 4.61. The maximum atomic E-state index is 12.6. The van der Waals surface area contributed by atoms with Gasteiger partial charge < -0.3 is 24.7 Å². The molecule has 1 atom stereocenters. The number of phenols is 1. The van der Waals surface area contributed by atoms with E-state index in [1.54, 1.807) is 42.2 Å². The number of methoxy groups -OCH3 is 1. The number of aromatic nitrogens is 2. The molecule has 0 aliphatic heterocycles. The van der Waals surface area contributed by atoms with E-state index in [1.165, 1.54) is 19.2 Å². The van der Waals surface area contributed by atoms with Crippen LogP contribution in [0.5, 0.6) is 17.2 Å². The van der Waals surface area contributed by atoms with Crippen LogP contribution in [-0.4, -0.2) is 39.6 Å². The molecule has 2 heterocycles. The number of rotatable bonds is 8. The number of benzene rings is 1. The van der Waals surface area contributed by atoms with Gasteiger partial charge in [-0.1, -0.05) is 6.07 Å². The van der Waals surface area contributed by atoms with Crippen molar-refractivity contribution in [2.24, 2.45) is 0 Å². The van der Waals surface area contributed by atoms with Crippen LogP contribution in [0.15, 0.2) is 51.9 Å². The van der Waals surface area contributed by atoms with Gasteiger partial charge in [-0.2, -0.15) is 5.10 Å². The second-order valence-electron chi connectivity index (χ2n) is 6.74. The Labute approximate surface area is 172 Å². The number of aryl methyl sites for hydroxylation is 1. The fourth-order valence-corrected chi connectivity index (χ4v) is 3.13. The first-order valence-corrected chi connectivity index (χ1v) is 9.33. The Morgan fingerprint density at radius 1 is 1.33 bits per heavy atom. The number of phenolic OH excluding ortho intramolecular Hbond substituents is 1. The van der Waals surface area contributed by atoms with Gasteiger partial charge in [0.15, 0.2) is 17.3 Å². The van der Waals surface area contributed by atoms with E-state index in [1.807, 2.05) is 0 Å². The van der Waals surface area contributed by atoms with Crippen molar-refractivity contribution in [2.45, 2.75) is 25.8 Å². The summed E-state index contributed by atoms with van der Waals surface area (Å²) < 4.78 is 12.5. The molecule has 1 aromatic carbocycles. The van der Waals surface area contributed by atoms with E-state index in [0.717, 1.165) is 0 Å². The molecule has 0 saturated carbocycles. The lowest BCUT2D eigenvalue weighted by Crippen LogP contribution is -2.29. The second kappa shape index (κ2) is 9.17. The van der Waals surface area contributed by atoms with Gasteiger partial charge in [0.05, 0.1) is 19.6 Å². The minimum Gasteiger partial charge on any atom is -0.504 e. The van der Waals surface area contributed by atoms with Gasteiger partial charge in [0.25, 0.3) is 0 Å². The van der Waals surface area contributed by atoms with Crippen LogP contribution in [0.25, 0.3) is 0 Å². The van der Waals surface area contributed by atoms with Crippen molar-refractivity contribution in [3.8, 4) is 17.2 Å². The zero-order chi connectivity index (χ0) is 21.7. The van der Waals surface area contributed by atoms with Crippen LogP contribution in [0.1, 0.15) is 29.4 Å². The van der Waals surface area contributed by atoms with Crippen molar-refractivity contribution >= 4 is 5.91 Å². The molecule has 0 radical (unpaired) electrons. The summed E-state index contributed by atoms with van der Waals surface area (Å²) >= 11 is 0. The molecule has 3 N–H and O–H groups in total. The summed E-state index contributed by atoms with van der Waals surface area (Å²) in [7, 11) is 1.40. The number of carbonyl (C=O) groups excluding carboxylic acids is 1. The van der Waals surface area contributed by atoms with Gasteiger partial charge in [0.2, 0.25) is 17.1 Å². The topological polar surface area (TPSA) is 127 Å². The minimum absolute atomic E-state index is 0.0185. The maximum absolute atomic E-state index is 12.6. The monoisotopic (exact) mass is 413 g/mol. The largest absolute Gasteiger partial charge is 0.504 e. The van der Waals surface area contributed by atoms with Crippen molar-refractivity contribution in [3.05, 3.63) is 70.0 Å². The molecule has 2 aromatic heterocycles. The van der Waals surface area contributed by atoms with Crippen molar-refractivity contribution in [3.63, 3.8) is 0 Å². The van der Waals surface area contributed by atoms with Crippen molar-refractivity contribution in [2.75, 3.05) is 13.7 Å². The van der Waals surface area contributed by atoms with Crippen LogP contribution in [-0.2, 0) is 11.3 Å². The van der Waals surface area contributed by atoms with Crippen LogP contribution >= 0.6 is 0 Å². The van der Waals surface area contributed by atoms with Crippen LogP contribution in [0.2, 0.25) is 0 Å². The highest BCUT2D eigenvalue weighted by molar-refractivity contribution is 5.77. The Kier molecular flexibility index (Phi) is 6.41. The third kappa shape index (κ3) is 4.80. The zero-order valence-corrected chi connectivity index (χ0v) is 16.7. The molecule has 158 valence electrons. The summed E-state index contributed by atoms with van der Waals surface area (Å²) in [5.41, 5.74) is -0.0560. The number of hydrogen-bond acceptors (Lipinski definition) is 7. The quantitative estimate of drug-likeness (QED) is 0.515. The highest BCUT2D eigenvalue weighted by Crippen LogP contribution is 2.37. The molecule has 0 bridgehead atoms. The van der Waals surface area contributed by atoms with Crippen LogP contribution in [0.4, 0.5) is 0 Å². The highest BCUT2D eigenvalue weighted by Gasteiger charge is 2.26. The number of nitrogens with zero attached hydrogens (tertiary/aromatic N) is 2. The van der Waals surface area contributed by atoms with E-state index in [-0.39, 0.29) is 29.6 Å². The van der Waals surface area contributed by atoms with Gasteiger partial charge in [-0.3, -0.25) is 14.3 Å². The lowest BCUT2D eigenvalue weighted by Gasteiger charge is -2.19. The lowest BCUT2D eigenvalue weighted by molar-refractivity contribution is -0.121. The van der Waals surface area contributed by atoms with Gasteiger partial charge in [-0.15, -0.1) is 0 Å². The molecule has 30 heavy (non-hydrogen) atoms. The minimum atomic E-state index is -0.767. The average molecular weight is 413 g/mol. The maximum Gasteiger partial charge on any atom is 0.227 e. The van der Waals surface area contributed by atoms with E-state index in [4.69, 9.17) is 9.15 Å². The van der Waals surface area contributed by atoms with Crippen LogP contribution < -0.4 is 15.5 Å². The molecule has 0 aliphatic carbocycles. The SMILES string of the molecule is COc1cc([C@H](CC(=O)NCCn2cccn2)c2oc(C)cc(=O)c2O)ccc1O. The second-order valence-corrected chi connectivity index (χ2v) is 6.74. The molecule has 3 rings (SSSR count). The predicted octanol–water partition coefficient (Wildman–Crippen LogP) is 1.90. The van der Waals surface area contributed by atoms with E-state index in [9.17, 15) is 19.8 Å². The van der Waals surface area contributed by atoms with Gasteiger partial charge in [-0.25, -0.2) is 0 Å². The molecular formula is C21H23N3O6. The van der Waals surface area contributed by atoms with Gasteiger partial charge in [-0.05, 0) is 30.7 Å². The smallest absolute Gasteiger partial charge is 0.227 e. The average Bonchev–Trinajstić information content (AvgIpc) is 3.23. The fraction of sp³-hybridized carbons (Fsp3) is 0.286. The Morgan fingerprint density at radius 2 is 2.13 bits per heavy atom. The van der Waals surface area contributed by atoms with Crippen LogP contribution in [0, 0.1) is 6.92 Å². The number of aromatic hydroxyl groups is 2. The van der Waals surface area contributed by atoms with E-state index in [0.29, 0.717) is 24.4 Å². The molecule has 0 unspecified atom stereocenters. The van der Waals surface area contributed by atoms with Crippen molar-refractivity contribution in [1.82, 2.24) is 15.1 Å².